The summed E-state index contributed by atoms with van der Waals surface area (Å²) >= 11 is 0. The molecule has 0 spiro atoms. The molecule has 0 fully saturated rings. The summed E-state index contributed by atoms with van der Waals surface area (Å²) in [7, 11) is -2.50. The van der Waals surface area contributed by atoms with E-state index in [4.69, 9.17) is 4.74 Å². The Kier molecular flexibility index (Phi) is 6.54. The fourth-order valence-corrected chi connectivity index (χ4v) is 4.64. The molecule has 0 aliphatic rings. The quantitative estimate of drug-likeness (QED) is 0.556. The maximum Gasteiger partial charge on any atom is 0.404 e. The van der Waals surface area contributed by atoms with E-state index in [1.54, 1.807) is 30.3 Å². The standard InChI is InChI=1S/C22H26N4O5S/c1-22(2,3)18(24-21(27)28)13-15-14-19(32(29,30)16-9-6-5-7-10-16)26(25-15)17-11-8-12-23-20(17)31-4/h5-12,14,18,24H,13H2,1-4H3,(H,27,28). The number of hydrogen-bond donors (Lipinski definition) is 2. The molecular formula is C22H26N4O5S. The Labute approximate surface area is 187 Å². The first-order valence-corrected chi connectivity index (χ1v) is 11.4. The van der Waals surface area contributed by atoms with Gasteiger partial charge in [0.2, 0.25) is 15.7 Å². The number of rotatable bonds is 7. The highest BCUT2D eigenvalue weighted by atomic mass is 32.2. The van der Waals surface area contributed by atoms with Crippen molar-refractivity contribution in [3.63, 3.8) is 0 Å². The summed E-state index contributed by atoms with van der Waals surface area (Å²) in [4.78, 5) is 15.6. The zero-order valence-electron chi connectivity index (χ0n) is 18.3. The number of hydrogen-bond acceptors (Lipinski definition) is 6. The molecule has 1 amide bonds. The average Bonchev–Trinajstić information content (AvgIpc) is 3.17. The Balaban J connectivity index is 2.17. The van der Waals surface area contributed by atoms with Crippen LogP contribution in [0.15, 0.2) is 64.6 Å². The van der Waals surface area contributed by atoms with Crippen LogP contribution in [-0.2, 0) is 16.3 Å². The van der Waals surface area contributed by atoms with Gasteiger partial charge in [-0.15, -0.1) is 0 Å². The fourth-order valence-electron chi connectivity index (χ4n) is 3.23. The Hall–Kier alpha value is -3.40. The van der Waals surface area contributed by atoms with Gasteiger partial charge in [0.15, 0.2) is 5.03 Å². The van der Waals surface area contributed by atoms with Gasteiger partial charge in [-0.1, -0.05) is 39.0 Å². The van der Waals surface area contributed by atoms with E-state index in [-0.39, 0.29) is 22.2 Å². The van der Waals surface area contributed by atoms with Crippen LogP contribution in [0.2, 0.25) is 0 Å². The topological polar surface area (TPSA) is 123 Å². The zero-order valence-corrected chi connectivity index (χ0v) is 19.1. The van der Waals surface area contributed by atoms with Crippen LogP contribution in [0.5, 0.6) is 5.88 Å². The van der Waals surface area contributed by atoms with Gasteiger partial charge < -0.3 is 15.2 Å². The molecule has 3 rings (SSSR count). The lowest BCUT2D eigenvalue weighted by atomic mass is 9.84. The fraction of sp³-hybridized carbons (Fsp3) is 0.318. The number of carboxylic acid groups (broad SMARTS) is 1. The summed E-state index contributed by atoms with van der Waals surface area (Å²) < 4.78 is 33.5. The highest BCUT2D eigenvalue weighted by Gasteiger charge is 2.31. The van der Waals surface area contributed by atoms with Gasteiger partial charge in [0, 0.05) is 18.7 Å². The van der Waals surface area contributed by atoms with Gasteiger partial charge >= 0.3 is 6.09 Å². The Morgan fingerprint density at radius 1 is 1.19 bits per heavy atom. The average molecular weight is 459 g/mol. The van der Waals surface area contributed by atoms with E-state index in [2.05, 4.69) is 15.4 Å². The predicted octanol–water partition coefficient (Wildman–Crippen LogP) is 3.33. The Morgan fingerprint density at radius 3 is 2.47 bits per heavy atom. The maximum absolute atomic E-state index is 13.5. The van der Waals surface area contributed by atoms with E-state index in [1.165, 1.54) is 36.2 Å². The molecule has 0 radical (unpaired) electrons. The zero-order chi connectivity index (χ0) is 23.5. The minimum absolute atomic E-state index is 0.0621. The monoisotopic (exact) mass is 458 g/mol. The van der Waals surface area contributed by atoms with Gasteiger partial charge in [0.05, 0.1) is 17.7 Å². The highest BCUT2D eigenvalue weighted by molar-refractivity contribution is 7.91. The summed E-state index contributed by atoms with van der Waals surface area (Å²) in [6, 6.07) is 12.3. The van der Waals surface area contributed by atoms with Crippen LogP contribution in [-0.4, -0.2) is 47.5 Å². The lowest BCUT2D eigenvalue weighted by molar-refractivity contribution is 0.174. The van der Waals surface area contributed by atoms with Crippen LogP contribution in [0.4, 0.5) is 4.79 Å². The summed E-state index contributed by atoms with van der Waals surface area (Å²) in [6.45, 7) is 5.70. The molecule has 0 aliphatic carbocycles. The number of pyridine rings is 1. The molecular weight excluding hydrogens is 432 g/mol. The molecule has 10 heteroatoms. The van der Waals surface area contributed by atoms with E-state index < -0.39 is 27.4 Å². The Bertz CT molecular complexity index is 1200. The summed E-state index contributed by atoms with van der Waals surface area (Å²) in [5.41, 5.74) is 0.348. The molecule has 0 saturated heterocycles. The van der Waals surface area contributed by atoms with E-state index in [1.807, 2.05) is 20.8 Å². The molecule has 9 nitrogen and oxygen atoms in total. The van der Waals surface area contributed by atoms with Crippen LogP contribution in [0.3, 0.4) is 0 Å². The number of amides is 1. The van der Waals surface area contributed by atoms with Crippen molar-refractivity contribution in [1.82, 2.24) is 20.1 Å². The number of nitrogens with one attached hydrogen (secondary N) is 1. The first-order chi connectivity index (χ1) is 15.0. The molecule has 1 aromatic carbocycles. The first-order valence-electron chi connectivity index (χ1n) is 9.92. The summed E-state index contributed by atoms with van der Waals surface area (Å²) in [5, 5.41) is 16.2. The number of benzene rings is 1. The van der Waals surface area contributed by atoms with Crippen molar-refractivity contribution in [2.45, 2.75) is 43.2 Å². The van der Waals surface area contributed by atoms with E-state index in [0.29, 0.717) is 11.4 Å². The molecule has 0 saturated carbocycles. The number of sulfone groups is 1. The van der Waals surface area contributed by atoms with Crippen molar-refractivity contribution in [1.29, 1.82) is 0 Å². The Morgan fingerprint density at radius 2 is 1.88 bits per heavy atom. The van der Waals surface area contributed by atoms with Crippen molar-refractivity contribution in [3.8, 4) is 11.6 Å². The third-order valence-corrected chi connectivity index (χ3v) is 6.72. The molecule has 170 valence electrons. The first kappa shape index (κ1) is 23.3. The second-order valence-corrected chi connectivity index (χ2v) is 10.2. The van der Waals surface area contributed by atoms with Crippen molar-refractivity contribution in [3.05, 3.63) is 60.4 Å². The summed E-state index contributed by atoms with van der Waals surface area (Å²) in [5.74, 6) is 0.211. The van der Waals surface area contributed by atoms with E-state index >= 15 is 0 Å². The lowest BCUT2D eigenvalue weighted by Crippen LogP contribution is -2.44. The van der Waals surface area contributed by atoms with Crippen LogP contribution in [0, 0.1) is 5.41 Å². The van der Waals surface area contributed by atoms with Gasteiger partial charge in [0.25, 0.3) is 0 Å². The highest BCUT2D eigenvalue weighted by Crippen LogP contribution is 2.29. The second-order valence-electron chi connectivity index (χ2n) is 8.31. The molecule has 2 heterocycles. The molecule has 0 bridgehead atoms. The number of aromatic nitrogens is 3. The molecule has 32 heavy (non-hydrogen) atoms. The van der Waals surface area contributed by atoms with Crippen molar-refractivity contribution in [2.75, 3.05) is 7.11 Å². The third kappa shape index (κ3) is 4.91. The van der Waals surface area contributed by atoms with E-state index in [0.717, 1.165) is 0 Å². The maximum atomic E-state index is 13.5. The van der Waals surface area contributed by atoms with Gasteiger partial charge in [-0.3, -0.25) is 0 Å². The summed E-state index contributed by atoms with van der Waals surface area (Å²) in [6.07, 6.45) is 0.572. The van der Waals surface area contributed by atoms with Crippen LogP contribution < -0.4 is 10.1 Å². The largest absolute Gasteiger partial charge is 0.479 e. The minimum Gasteiger partial charge on any atom is -0.479 e. The molecule has 1 unspecified atom stereocenters. The minimum atomic E-state index is -3.94. The van der Waals surface area contributed by atoms with Crippen molar-refractivity contribution >= 4 is 15.9 Å². The normalized spacial score (nSPS) is 12.9. The number of nitrogens with zero attached hydrogens (tertiary/aromatic N) is 3. The van der Waals surface area contributed by atoms with Crippen LogP contribution in [0.1, 0.15) is 26.5 Å². The molecule has 1 atom stereocenters. The SMILES string of the molecule is COc1ncccc1-n1nc(CC(NC(=O)O)C(C)(C)C)cc1S(=O)(=O)c1ccccc1. The molecule has 2 N–H and O–H groups in total. The number of carbonyl (C=O) groups is 1. The van der Waals surface area contributed by atoms with Crippen LogP contribution >= 0.6 is 0 Å². The van der Waals surface area contributed by atoms with Crippen molar-refractivity contribution in [2.24, 2.45) is 5.41 Å². The second kappa shape index (κ2) is 8.99. The smallest absolute Gasteiger partial charge is 0.404 e. The number of methoxy groups -OCH3 is 1. The van der Waals surface area contributed by atoms with Gasteiger partial charge in [-0.25, -0.2) is 22.9 Å². The van der Waals surface area contributed by atoms with Crippen LogP contribution in [0.25, 0.3) is 5.69 Å². The van der Waals surface area contributed by atoms with Gasteiger partial charge in [0.1, 0.15) is 5.69 Å². The lowest BCUT2D eigenvalue weighted by Gasteiger charge is -2.29. The van der Waals surface area contributed by atoms with E-state index in [9.17, 15) is 18.3 Å². The predicted molar refractivity (Wildman–Crippen MR) is 118 cm³/mol. The molecule has 0 aliphatic heterocycles. The van der Waals surface area contributed by atoms with Gasteiger partial charge in [-0.05, 0) is 35.7 Å². The van der Waals surface area contributed by atoms with Crippen molar-refractivity contribution < 1.29 is 23.1 Å². The molecule has 3 aromatic rings. The molecule has 2 aromatic heterocycles. The van der Waals surface area contributed by atoms with Gasteiger partial charge in [-0.2, -0.15) is 5.10 Å². The number of ether oxygens (including phenoxy) is 1. The third-order valence-electron chi connectivity index (χ3n) is 4.99.